The van der Waals surface area contributed by atoms with E-state index in [1.807, 2.05) is 0 Å². The van der Waals surface area contributed by atoms with E-state index in [9.17, 15) is 0 Å². The summed E-state index contributed by atoms with van der Waals surface area (Å²) in [6.07, 6.45) is 6.56. The molecular weight excluding hydrogens is 248 g/mol. The van der Waals surface area contributed by atoms with E-state index in [1.54, 1.807) is 0 Å². The Balaban J connectivity index is 1.52. The van der Waals surface area contributed by atoms with Gasteiger partial charge in [-0.2, -0.15) is 0 Å². The van der Waals surface area contributed by atoms with Crippen molar-refractivity contribution in [1.82, 2.24) is 10.2 Å². The van der Waals surface area contributed by atoms with Crippen LogP contribution in [-0.2, 0) is 6.42 Å². The van der Waals surface area contributed by atoms with Gasteiger partial charge in [-0.1, -0.05) is 12.1 Å². The molecule has 1 aromatic carbocycles. The maximum atomic E-state index is 6.09. The van der Waals surface area contributed by atoms with Gasteiger partial charge in [-0.25, -0.2) is 0 Å². The van der Waals surface area contributed by atoms with Gasteiger partial charge in [-0.15, -0.1) is 0 Å². The Morgan fingerprint density at radius 2 is 2.05 bits per heavy atom. The predicted molar refractivity (Wildman–Crippen MR) is 82.3 cm³/mol. The smallest absolute Gasteiger partial charge is 0.119 e. The zero-order valence-corrected chi connectivity index (χ0v) is 12.5. The molecule has 2 fully saturated rings. The molecule has 3 nitrogen and oxygen atoms in total. The third-order valence-electron chi connectivity index (χ3n) is 4.45. The van der Waals surface area contributed by atoms with Crippen molar-refractivity contribution in [1.29, 1.82) is 0 Å². The van der Waals surface area contributed by atoms with Gasteiger partial charge in [0.25, 0.3) is 0 Å². The van der Waals surface area contributed by atoms with E-state index >= 15 is 0 Å². The fourth-order valence-corrected chi connectivity index (χ4v) is 3.33. The first-order valence-electron chi connectivity index (χ1n) is 7.97. The average molecular weight is 274 g/mol. The van der Waals surface area contributed by atoms with Crippen molar-refractivity contribution in [3.63, 3.8) is 0 Å². The number of likely N-dealkylation sites (tertiary alicyclic amines) is 1. The lowest BCUT2D eigenvalue weighted by Crippen LogP contribution is -2.38. The van der Waals surface area contributed by atoms with Gasteiger partial charge >= 0.3 is 0 Å². The van der Waals surface area contributed by atoms with Crippen molar-refractivity contribution in [2.45, 2.75) is 44.2 Å². The van der Waals surface area contributed by atoms with E-state index in [-0.39, 0.29) is 0 Å². The SMILES string of the molecule is CN1CCCC(Oc2ccc(CC3CCCN3)cc2)C1. The molecule has 2 saturated heterocycles. The number of piperidine rings is 1. The normalized spacial score (nSPS) is 27.6. The average Bonchev–Trinajstić information content (AvgIpc) is 2.94. The van der Waals surface area contributed by atoms with Gasteiger partial charge in [-0.3, -0.25) is 0 Å². The van der Waals surface area contributed by atoms with Gasteiger partial charge in [0.05, 0.1) is 0 Å². The van der Waals surface area contributed by atoms with Crippen LogP contribution in [0.5, 0.6) is 5.75 Å². The third-order valence-corrected chi connectivity index (χ3v) is 4.45. The summed E-state index contributed by atoms with van der Waals surface area (Å²) in [5, 5.41) is 3.55. The Hall–Kier alpha value is -1.06. The molecule has 1 N–H and O–H groups in total. The molecule has 20 heavy (non-hydrogen) atoms. The van der Waals surface area contributed by atoms with Crippen LogP contribution in [0.4, 0.5) is 0 Å². The van der Waals surface area contributed by atoms with Crippen molar-refractivity contribution in [2.24, 2.45) is 0 Å². The summed E-state index contributed by atoms with van der Waals surface area (Å²) >= 11 is 0. The minimum atomic E-state index is 0.357. The summed E-state index contributed by atoms with van der Waals surface area (Å²) in [5.41, 5.74) is 1.41. The largest absolute Gasteiger partial charge is 0.489 e. The summed E-state index contributed by atoms with van der Waals surface area (Å²) in [7, 11) is 2.17. The molecule has 0 aromatic heterocycles. The molecule has 2 unspecified atom stereocenters. The van der Waals surface area contributed by atoms with E-state index in [0.717, 1.165) is 18.7 Å². The second-order valence-corrected chi connectivity index (χ2v) is 6.29. The molecule has 0 aliphatic carbocycles. The molecule has 0 spiro atoms. The number of benzene rings is 1. The number of nitrogens with zero attached hydrogens (tertiary/aromatic N) is 1. The quantitative estimate of drug-likeness (QED) is 0.913. The van der Waals surface area contributed by atoms with Crippen LogP contribution in [0.3, 0.4) is 0 Å². The highest BCUT2D eigenvalue weighted by atomic mass is 16.5. The van der Waals surface area contributed by atoms with Gasteiger partial charge in [0.2, 0.25) is 0 Å². The number of likely N-dealkylation sites (N-methyl/N-ethyl adjacent to an activating group) is 1. The summed E-state index contributed by atoms with van der Waals surface area (Å²) in [6.45, 7) is 3.43. The van der Waals surface area contributed by atoms with Crippen LogP contribution in [-0.4, -0.2) is 43.7 Å². The second kappa shape index (κ2) is 6.59. The zero-order valence-electron chi connectivity index (χ0n) is 12.5. The topological polar surface area (TPSA) is 24.5 Å². The molecule has 0 saturated carbocycles. The highest BCUT2D eigenvalue weighted by Crippen LogP contribution is 2.20. The monoisotopic (exact) mass is 274 g/mol. The van der Waals surface area contributed by atoms with Crippen LogP contribution in [0, 0.1) is 0 Å². The molecule has 3 heteroatoms. The van der Waals surface area contributed by atoms with Crippen LogP contribution < -0.4 is 10.1 Å². The molecule has 0 radical (unpaired) electrons. The van der Waals surface area contributed by atoms with Crippen molar-refractivity contribution < 1.29 is 4.74 Å². The number of hydrogen-bond donors (Lipinski definition) is 1. The van der Waals surface area contributed by atoms with Crippen LogP contribution >= 0.6 is 0 Å². The van der Waals surface area contributed by atoms with Gasteiger partial charge in [-0.05, 0) is 69.9 Å². The molecular formula is C17H26N2O. The number of ether oxygens (including phenoxy) is 1. The summed E-state index contributed by atoms with van der Waals surface area (Å²) in [6, 6.07) is 9.40. The molecule has 0 amide bonds. The van der Waals surface area contributed by atoms with Crippen LogP contribution in [0.15, 0.2) is 24.3 Å². The molecule has 2 atom stereocenters. The van der Waals surface area contributed by atoms with Crippen LogP contribution in [0.25, 0.3) is 0 Å². The maximum absolute atomic E-state index is 6.09. The molecule has 110 valence electrons. The lowest BCUT2D eigenvalue weighted by Gasteiger charge is -2.30. The standard InChI is InChI=1S/C17H26N2O/c1-19-11-3-5-17(13-19)20-16-8-6-14(7-9-16)12-15-4-2-10-18-15/h6-9,15,17-18H,2-5,10-13H2,1H3. The molecule has 1 aromatic rings. The lowest BCUT2D eigenvalue weighted by molar-refractivity contribution is 0.104. The fraction of sp³-hybridized carbons (Fsp3) is 0.647. The predicted octanol–water partition coefficient (Wildman–Crippen LogP) is 2.45. The molecule has 2 aliphatic heterocycles. The highest BCUT2D eigenvalue weighted by Gasteiger charge is 2.18. The first-order valence-corrected chi connectivity index (χ1v) is 7.97. The van der Waals surface area contributed by atoms with Gasteiger partial charge < -0.3 is 15.0 Å². The van der Waals surface area contributed by atoms with E-state index in [2.05, 4.69) is 41.5 Å². The fourth-order valence-electron chi connectivity index (χ4n) is 3.33. The van der Waals surface area contributed by atoms with Gasteiger partial charge in [0, 0.05) is 12.6 Å². The number of nitrogens with one attached hydrogen (secondary N) is 1. The number of rotatable bonds is 4. The summed E-state index contributed by atoms with van der Waals surface area (Å²) in [4.78, 5) is 2.36. The minimum Gasteiger partial charge on any atom is -0.489 e. The van der Waals surface area contributed by atoms with Crippen LogP contribution in [0.1, 0.15) is 31.2 Å². The Morgan fingerprint density at radius 1 is 1.20 bits per heavy atom. The Labute approximate surface area is 122 Å². The van der Waals surface area contributed by atoms with Gasteiger partial charge in [0.1, 0.15) is 11.9 Å². The lowest BCUT2D eigenvalue weighted by atomic mass is 10.0. The Bertz CT molecular complexity index is 412. The van der Waals surface area contributed by atoms with Crippen LogP contribution in [0.2, 0.25) is 0 Å². The zero-order chi connectivity index (χ0) is 13.8. The van der Waals surface area contributed by atoms with Crippen molar-refractivity contribution >= 4 is 0 Å². The molecule has 3 rings (SSSR count). The van der Waals surface area contributed by atoms with E-state index in [1.165, 1.54) is 44.3 Å². The summed E-state index contributed by atoms with van der Waals surface area (Å²) < 4.78 is 6.09. The second-order valence-electron chi connectivity index (χ2n) is 6.29. The third kappa shape index (κ3) is 3.74. The minimum absolute atomic E-state index is 0.357. The van der Waals surface area contributed by atoms with Crippen molar-refractivity contribution in [2.75, 3.05) is 26.7 Å². The van der Waals surface area contributed by atoms with E-state index in [0.29, 0.717) is 12.1 Å². The summed E-state index contributed by atoms with van der Waals surface area (Å²) in [5.74, 6) is 1.02. The van der Waals surface area contributed by atoms with Gasteiger partial charge in [0.15, 0.2) is 0 Å². The maximum Gasteiger partial charge on any atom is 0.119 e. The first-order chi connectivity index (χ1) is 9.79. The number of hydrogen-bond acceptors (Lipinski definition) is 3. The molecule has 2 heterocycles. The van der Waals surface area contributed by atoms with E-state index in [4.69, 9.17) is 4.74 Å². The van der Waals surface area contributed by atoms with E-state index < -0.39 is 0 Å². The van der Waals surface area contributed by atoms with Crippen molar-refractivity contribution in [3.05, 3.63) is 29.8 Å². The highest BCUT2D eigenvalue weighted by molar-refractivity contribution is 5.28. The van der Waals surface area contributed by atoms with Crippen molar-refractivity contribution in [3.8, 4) is 5.75 Å². The molecule has 0 bridgehead atoms. The first kappa shape index (κ1) is 13.9. The Morgan fingerprint density at radius 3 is 2.75 bits per heavy atom. The Kier molecular flexibility index (Phi) is 4.58. The molecule has 2 aliphatic rings.